The maximum atomic E-state index is 11.2. The van der Waals surface area contributed by atoms with E-state index in [-0.39, 0.29) is 5.92 Å². The van der Waals surface area contributed by atoms with Gasteiger partial charge in [0.15, 0.2) is 0 Å². The van der Waals surface area contributed by atoms with E-state index >= 15 is 0 Å². The number of para-hydroxylation sites is 1. The molecule has 0 radical (unpaired) electrons. The molecular formula is C16H18N2O3. The Morgan fingerprint density at radius 3 is 2.95 bits per heavy atom. The van der Waals surface area contributed by atoms with Crippen LogP contribution in [0.4, 0.5) is 5.69 Å². The van der Waals surface area contributed by atoms with Crippen molar-refractivity contribution in [2.45, 2.75) is 13.3 Å². The van der Waals surface area contributed by atoms with Crippen LogP contribution < -0.4 is 9.64 Å². The fourth-order valence-electron chi connectivity index (χ4n) is 3.03. The van der Waals surface area contributed by atoms with E-state index in [0.29, 0.717) is 13.0 Å². The van der Waals surface area contributed by atoms with Gasteiger partial charge in [0.05, 0.1) is 18.7 Å². The Kier molecular flexibility index (Phi) is 3.41. The number of aliphatic carboxylic acids is 1. The van der Waals surface area contributed by atoms with Crippen molar-refractivity contribution in [3.63, 3.8) is 0 Å². The van der Waals surface area contributed by atoms with Gasteiger partial charge < -0.3 is 14.7 Å². The number of ether oxygens (including phenoxy) is 1. The first-order chi connectivity index (χ1) is 10.1. The van der Waals surface area contributed by atoms with Crippen molar-refractivity contribution in [2.75, 3.05) is 25.1 Å². The van der Waals surface area contributed by atoms with Gasteiger partial charge in [-0.05, 0) is 25.0 Å². The summed E-state index contributed by atoms with van der Waals surface area (Å²) >= 11 is 0. The second kappa shape index (κ2) is 5.24. The summed E-state index contributed by atoms with van der Waals surface area (Å²) in [6.07, 6.45) is 2.51. The molecule has 2 aromatic rings. The third-order valence-electron chi connectivity index (χ3n) is 4.09. The van der Waals surface area contributed by atoms with Crippen molar-refractivity contribution < 1.29 is 14.6 Å². The highest BCUT2D eigenvalue weighted by molar-refractivity contribution is 5.96. The number of carboxylic acids is 1. The molecule has 3 rings (SSSR count). The molecule has 110 valence electrons. The van der Waals surface area contributed by atoms with Gasteiger partial charge in [-0.25, -0.2) is 0 Å². The molecule has 1 aromatic heterocycles. The van der Waals surface area contributed by atoms with Crippen molar-refractivity contribution in [1.29, 1.82) is 0 Å². The molecular weight excluding hydrogens is 268 g/mol. The number of hydrogen-bond donors (Lipinski definition) is 1. The predicted octanol–water partition coefficient (Wildman–Crippen LogP) is 2.46. The van der Waals surface area contributed by atoms with Crippen LogP contribution in [0.1, 0.15) is 12.0 Å². The number of hydrogen-bond acceptors (Lipinski definition) is 4. The summed E-state index contributed by atoms with van der Waals surface area (Å²) < 4.78 is 5.37. The Bertz CT molecular complexity index is 699. The fraction of sp³-hybridized carbons (Fsp3) is 0.375. The van der Waals surface area contributed by atoms with Crippen LogP contribution in [0.3, 0.4) is 0 Å². The van der Waals surface area contributed by atoms with E-state index in [9.17, 15) is 9.90 Å². The standard InChI is InChI=1S/C16H18N2O3/c1-10-8-17-14-12(4-3-5-13(14)21-2)15(10)18-7-6-11(9-18)16(19)20/h3-5,8,11H,6-7,9H2,1-2H3,(H,19,20). The average Bonchev–Trinajstić information content (AvgIpc) is 2.96. The molecule has 0 amide bonds. The summed E-state index contributed by atoms with van der Waals surface area (Å²) in [5.41, 5.74) is 2.95. The molecule has 5 heteroatoms. The number of pyridine rings is 1. The summed E-state index contributed by atoms with van der Waals surface area (Å²) in [5.74, 6) is -0.271. The van der Waals surface area contributed by atoms with Crippen LogP contribution in [0, 0.1) is 12.8 Å². The molecule has 1 saturated heterocycles. The zero-order valence-corrected chi connectivity index (χ0v) is 12.2. The normalized spacial score (nSPS) is 18.2. The number of fused-ring (bicyclic) bond motifs is 1. The number of benzene rings is 1. The number of nitrogens with zero attached hydrogens (tertiary/aromatic N) is 2. The molecule has 2 heterocycles. The number of carbonyl (C=O) groups is 1. The molecule has 0 spiro atoms. The van der Waals surface area contributed by atoms with Crippen LogP contribution in [0.2, 0.25) is 0 Å². The van der Waals surface area contributed by atoms with Gasteiger partial charge in [0.2, 0.25) is 0 Å². The Morgan fingerprint density at radius 1 is 1.48 bits per heavy atom. The van der Waals surface area contributed by atoms with E-state index in [1.165, 1.54) is 0 Å². The lowest BCUT2D eigenvalue weighted by Crippen LogP contribution is -2.23. The van der Waals surface area contributed by atoms with Crippen LogP contribution >= 0.6 is 0 Å². The van der Waals surface area contributed by atoms with Crippen LogP contribution in [0.15, 0.2) is 24.4 Å². The maximum Gasteiger partial charge on any atom is 0.308 e. The Labute approximate surface area is 123 Å². The van der Waals surface area contributed by atoms with Crippen molar-refractivity contribution in [3.8, 4) is 5.75 Å². The minimum Gasteiger partial charge on any atom is -0.494 e. The summed E-state index contributed by atoms with van der Waals surface area (Å²) in [6, 6.07) is 5.84. The highest BCUT2D eigenvalue weighted by Crippen LogP contribution is 2.36. The molecule has 1 aliphatic rings. The minimum absolute atomic E-state index is 0.293. The van der Waals surface area contributed by atoms with E-state index in [1.807, 2.05) is 31.3 Å². The van der Waals surface area contributed by atoms with Gasteiger partial charge in [0.1, 0.15) is 11.3 Å². The first-order valence-electron chi connectivity index (χ1n) is 7.02. The number of aromatic nitrogens is 1. The van der Waals surface area contributed by atoms with Crippen LogP contribution in [-0.4, -0.2) is 36.3 Å². The highest BCUT2D eigenvalue weighted by Gasteiger charge is 2.29. The van der Waals surface area contributed by atoms with E-state index < -0.39 is 5.97 Å². The van der Waals surface area contributed by atoms with Crippen molar-refractivity contribution in [2.24, 2.45) is 5.92 Å². The number of rotatable bonds is 3. The van der Waals surface area contributed by atoms with Gasteiger partial charge in [-0.1, -0.05) is 12.1 Å². The monoisotopic (exact) mass is 286 g/mol. The lowest BCUT2D eigenvalue weighted by atomic mass is 10.1. The van der Waals surface area contributed by atoms with Gasteiger partial charge in [-0.3, -0.25) is 9.78 Å². The minimum atomic E-state index is -0.717. The topological polar surface area (TPSA) is 62.7 Å². The number of methoxy groups -OCH3 is 1. The number of aryl methyl sites for hydroxylation is 1. The first-order valence-corrected chi connectivity index (χ1v) is 7.02. The molecule has 1 fully saturated rings. The molecule has 1 N–H and O–H groups in total. The quantitative estimate of drug-likeness (QED) is 0.939. The van der Waals surface area contributed by atoms with Crippen molar-refractivity contribution in [1.82, 2.24) is 4.98 Å². The maximum absolute atomic E-state index is 11.2. The third kappa shape index (κ3) is 2.28. The summed E-state index contributed by atoms with van der Waals surface area (Å²) in [7, 11) is 1.63. The SMILES string of the molecule is COc1cccc2c(N3CCC(C(=O)O)C3)c(C)cnc12. The van der Waals surface area contributed by atoms with E-state index in [1.54, 1.807) is 7.11 Å². The van der Waals surface area contributed by atoms with Gasteiger partial charge >= 0.3 is 5.97 Å². The largest absolute Gasteiger partial charge is 0.494 e. The van der Waals surface area contributed by atoms with Crippen molar-refractivity contribution >= 4 is 22.6 Å². The lowest BCUT2D eigenvalue weighted by Gasteiger charge is -2.22. The smallest absolute Gasteiger partial charge is 0.308 e. The van der Waals surface area contributed by atoms with Crippen molar-refractivity contribution in [3.05, 3.63) is 30.0 Å². The second-order valence-corrected chi connectivity index (χ2v) is 5.42. The van der Waals surface area contributed by atoms with E-state index in [4.69, 9.17) is 4.74 Å². The van der Waals surface area contributed by atoms with Gasteiger partial charge in [0, 0.05) is 24.7 Å². The molecule has 0 saturated carbocycles. The second-order valence-electron chi connectivity index (χ2n) is 5.42. The van der Waals surface area contributed by atoms with Crippen LogP contribution in [0.25, 0.3) is 10.9 Å². The summed E-state index contributed by atoms with van der Waals surface area (Å²) in [4.78, 5) is 17.8. The van der Waals surface area contributed by atoms with E-state index in [2.05, 4.69) is 9.88 Å². The number of carboxylic acid groups (broad SMARTS) is 1. The molecule has 1 aromatic carbocycles. The Balaban J connectivity index is 2.10. The third-order valence-corrected chi connectivity index (χ3v) is 4.09. The van der Waals surface area contributed by atoms with Gasteiger partial charge in [-0.2, -0.15) is 0 Å². The Hall–Kier alpha value is -2.30. The fourth-order valence-corrected chi connectivity index (χ4v) is 3.03. The van der Waals surface area contributed by atoms with Gasteiger partial charge in [-0.15, -0.1) is 0 Å². The zero-order valence-electron chi connectivity index (χ0n) is 12.2. The van der Waals surface area contributed by atoms with Gasteiger partial charge in [0.25, 0.3) is 0 Å². The summed E-state index contributed by atoms with van der Waals surface area (Å²) in [5, 5.41) is 10.2. The number of anilines is 1. The van der Waals surface area contributed by atoms with Crippen LogP contribution in [-0.2, 0) is 4.79 Å². The molecule has 0 aliphatic carbocycles. The van der Waals surface area contributed by atoms with Crippen LogP contribution in [0.5, 0.6) is 5.75 Å². The molecule has 5 nitrogen and oxygen atoms in total. The molecule has 1 unspecified atom stereocenters. The zero-order chi connectivity index (χ0) is 15.0. The first kappa shape index (κ1) is 13.7. The molecule has 1 aliphatic heterocycles. The predicted molar refractivity (Wildman–Crippen MR) is 81.0 cm³/mol. The summed E-state index contributed by atoms with van der Waals surface area (Å²) in [6.45, 7) is 3.32. The Morgan fingerprint density at radius 2 is 2.29 bits per heavy atom. The molecule has 21 heavy (non-hydrogen) atoms. The highest BCUT2D eigenvalue weighted by atomic mass is 16.5. The molecule has 0 bridgehead atoms. The lowest BCUT2D eigenvalue weighted by molar-refractivity contribution is -0.140. The van der Waals surface area contributed by atoms with E-state index in [0.717, 1.165) is 34.4 Å². The molecule has 1 atom stereocenters. The average molecular weight is 286 g/mol.